The molecule has 0 heterocycles. The third-order valence-electron chi connectivity index (χ3n) is 5.01. The molecule has 0 fully saturated rings. The number of rotatable bonds is 9. The number of sulfonamides is 1. The van der Waals surface area contributed by atoms with Gasteiger partial charge in [0.1, 0.15) is 6.04 Å². The molecular formula is C22H31NO4S. The fourth-order valence-corrected chi connectivity index (χ4v) is 5.09. The highest BCUT2D eigenvalue weighted by molar-refractivity contribution is 7.89. The highest BCUT2D eigenvalue weighted by atomic mass is 32.2. The fraction of sp³-hybridized carbons (Fsp3) is 0.500. The molecule has 0 amide bonds. The first-order chi connectivity index (χ1) is 13.1. The van der Waals surface area contributed by atoms with Crippen LogP contribution >= 0.6 is 0 Å². The molecule has 0 unspecified atom stereocenters. The van der Waals surface area contributed by atoms with E-state index in [1.807, 2.05) is 26.0 Å². The number of nitrogens with zero attached hydrogens (tertiary/aromatic N) is 1. The van der Waals surface area contributed by atoms with Gasteiger partial charge in [-0.1, -0.05) is 58.9 Å². The predicted molar refractivity (Wildman–Crippen MR) is 113 cm³/mol. The van der Waals surface area contributed by atoms with Crippen LogP contribution in [0.3, 0.4) is 0 Å². The average Bonchev–Trinajstić information content (AvgIpc) is 2.62. The monoisotopic (exact) mass is 405 g/mol. The first-order valence-corrected chi connectivity index (χ1v) is 11.3. The van der Waals surface area contributed by atoms with Crippen molar-refractivity contribution >= 4 is 26.8 Å². The highest BCUT2D eigenvalue weighted by Crippen LogP contribution is 2.27. The van der Waals surface area contributed by atoms with Gasteiger partial charge in [0.25, 0.3) is 0 Å². The smallest absolute Gasteiger partial charge is 0.322 e. The van der Waals surface area contributed by atoms with Crippen LogP contribution in [0.15, 0.2) is 41.3 Å². The molecule has 0 aliphatic heterocycles. The number of carboxylic acid groups (broad SMARTS) is 1. The predicted octanol–water partition coefficient (Wildman–Crippen LogP) is 4.55. The van der Waals surface area contributed by atoms with Crippen molar-refractivity contribution < 1.29 is 18.3 Å². The SMILES string of the molecule is CCc1ccc2cc(S(=O)(=O)N(CCC(C)C)[C@@H](C(=O)O)C(C)C)ccc2c1. The van der Waals surface area contributed by atoms with E-state index in [1.165, 1.54) is 9.87 Å². The minimum absolute atomic E-state index is 0.139. The average molecular weight is 406 g/mol. The van der Waals surface area contributed by atoms with Crippen LogP contribution in [-0.4, -0.2) is 36.4 Å². The van der Waals surface area contributed by atoms with Gasteiger partial charge in [0.05, 0.1) is 4.90 Å². The number of carboxylic acids is 1. The molecule has 0 spiro atoms. The fourth-order valence-electron chi connectivity index (χ4n) is 3.32. The molecule has 0 bridgehead atoms. The number of carbonyl (C=O) groups is 1. The Labute approximate surface area is 168 Å². The van der Waals surface area contributed by atoms with Crippen LogP contribution in [-0.2, 0) is 21.2 Å². The van der Waals surface area contributed by atoms with Gasteiger partial charge in [0.2, 0.25) is 10.0 Å². The summed E-state index contributed by atoms with van der Waals surface area (Å²) in [4.78, 5) is 12.0. The Hall–Kier alpha value is -1.92. The van der Waals surface area contributed by atoms with Crippen molar-refractivity contribution in [2.45, 2.75) is 58.4 Å². The zero-order valence-corrected chi connectivity index (χ0v) is 18.2. The Morgan fingerprint density at radius 2 is 1.64 bits per heavy atom. The number of benzene rings is 2. The molecule has 28 heavy (non-hydrogen) atoms. The molecule has 0 saturated heterocycles. The Kier molecular flexibility index (Phi) is 7.23. The van der Waals surface area contributed by atoms with Crippen molar-refractivity contribution in [3.05, 3.63) is 42.0 Å². The van der Waals surface area contributed by atoms with Crippen molar-refractivity contribution in [2.75, 3.05) is 6.54 Å². The van der Waals surface area contributed by atoms with Crippen LogP contribution in [0.25, 0.3) is 10.8 Å². The standard InChI is InChI=1S/C22H31NO4S/c1-6-17-7-8-19-14-20(10-9-18(19)13-17)28(26,27)23(12-11-15(2)3)21(16(4)5)22(24)25/h7-10,13-16,21H,6,11-12H2,1-5H3,(H,24,25)/t21-/m1/s1. The summed E-state index contributed by atoms with van der Waals surface area (Å²) in [6.45, 7) is 9.73. The first kappa shape index (κ1) is 22.4. The van der Waals surface area contributed by atoms with Crippen LogP contribution in [0.4, 0.5) is 0 Å². The normalized spacial score (nSPS) is 13.6. The number of fused-ring (bicyclic) bond motifs is 1. The lowest BCUT2D eigenvalue weighted by Gasteiger charge is -2.31. The molecule has 154 valence electrons. The van der Waals surface area contributed by atoms with Crippen LogP contribution in [0.2, 0.25) is 0 Å². The lowest BCUT2D eigenvalue weighted by molar-refractivity contribution is -0.143. The van der Waals surface area contributed by atoms with Gasteiger partial charge >= 0.3 is 5.97 Å². The molecule has 6 heteroatoms. The van der Waals surface area contributed by atoms with Crippen molar-refractivity contribution in [2.24, 2.45) is 11.8 Å². The third-order valence-corrected chi connectivity index (χ3v) is 6.89. The number of aliphatic carboxylic acids is 1. The van der Waals surface area contributed by atoms with Crippen molar-refractivity contribution in [3.63, 3.8) is 0 Å². The summed E-state index contributed by atoms with van der Waals surface area (Å²) >= 11 is 0. The molecular weight excluding hydrogens is 374 g/mol. The Bertz CT molecular complexity index is 935. The summed E-state index contributed by atoms with van der Waals surface area (Å²) in [6.07, 6.45) is 1.51. The van der Waals surface area contributed by atoms with Gasteiger partial charge in [-0.2, -0.15) is 4.31 Å². The molecule has 2 rings (SSSR count). The Balaban J connectivity index is 2.53. The number of hydrogen-bond acceptors (Lipinski definition) is 3. The van der Waals surface area contributed by atoms with E-state index in [0.29, 0.717) is 6.42 Å². The van der Waals surface area contributed by atoms with E-state index >= 15 is 0 Å². The van der Waals surface area contributed by atoms with E-state index in [-0.39, 0.29) is 23.3 Å². The summed E-state index contributed by atoms with van der Waals surface area (Å²) in [5.41, 5.74) is 1.19. The summed E-state index contributed by atoms with van der Waals surface area (Å²) in [5.74, 6) is -1.19. The van der Waals surface area contributed by atoms with Gasteiger partial charge in [-0.25, -0.2) is 8.42 Å². The van der Waals surface area contributed by atoms with Crippen molar-refractivity contribution in [1.29, 1.82) is 0 Å². The maximum atomic E-state index is 13.4. The molecule has 0 radical (unpaired) electrons. The molecule has 1 atom stereocenters. The maximum Gasteiger partial charge on any atom is 0.322 e. The van der Waals surface area contributed by atoms with Crippen LogP contribution in [0, 0.1) is 11.8 Å². The second-order valence-corrected chi connectivity index (χ2v) is 9.91. The van der Waals surface area contributed by atoms with Gasteiger partial charge in [0.15, 0.2) is 0 Å². The highest BCUT2D eigenvalue weighted by Gasteiger charge is 2.37. The molecule has 0 aliphatic carbocycles. The van der Waals surface area contributed by atoms with Gasteiger partial charge in [-0.05, 0) is 53.1 Å². The third kappa shape index (κ3) is 4.92. The first-order valence-electron chi connectivity index (χ1n) is 9.85. The summed E-state index contributed by atoms with van der Waals surface area (Å²) in [5, 5.41) is 11.5. The molecule has 5 nitrogen and oxygen atoms in total. The maximum absolute atomic E-state index is 13.4. The van der Waals surface area contributed by atoms with E-state index in [1.54, 1.807) is 32.0 Å². The molecule has 1 N–H and O–H groups in total. The number of hydrogen-bond donors (Lipinski definition) is 1. The zero-order valence-electron chi connectivity index (χ0n) is 17.3. The van der Waals surface area contributed by atoms with Crippen LogP contribution in [0.5, 0.6) is 0 Å². The molecule has 0 aliphatic rings. The topological polar surface area (TPSA) is 74.7 Å². The van der Waals surface area contributed by atoms with Crippen LogP contribution < -0.4 is 0 Å². The van der Waals surface area contributed by atoms with Crippen molar-refractivity contribution in [3.8, 4) is 0 Å². The van der Waals surface area contributed by atoms with Gasteiger partial charge in [0, 0.05) is 6.54 Å². The Morgan fingerprint density at radius 1 is 1.04 bits per heavy atom. The number of aryl methyl sites for hydroxylation is 1. The molecule has 0 aromatic heterocycles. The molecule has 2 aromatic carbocycles. The summed E-state index contributed by atoms with van der Waals surface area (Å²) < 4.78 is 28.0. The van der Waals surface area contributed by atoms with E-state index in [9.17, 15) is 18.3 Å². The van der Waals surface area contributed by atoms with Gasteiger partial charge in [-0.15, -0.1) is 0 Å². The second kappa shape index (κ2) is 9.05. The Morgan fingerprint density at radius 3 is 2.18 bits per heavy atom. The minimum Gasteiger partial charge on any atom is -0.480 e. The lowest BCUT2D eigenvalue weighted by atomic mass is 10.0. The quantitative estimate of drug-likeness (QED) is 0.664. The largest absolute Gasteiger partial charge is 0.480 e. The molecule has 2 aromatic rings. The van der Waals surface area contributed by atoms with Crippen molar-refractivity contribution in [1.82, 2.24) is 4.31 Å². The van der Waals surface area contributed by atoms with E-state index in [0.717, 1.165) is 17.2 Å². The molecule has 0 saturated carbocycles. The second-order valence-electron chi connectivity index (χ2n) is 8.02. The van der Waals surface area contributed by atoms with E-state index in [4.69, 9.17) is 0 Å². The minimum atomic E-state index is -3.94. The van der Waals surface area contributed by atoms with Crippen LogP contribution in [0.1, 0.15) is 46.6 Å². The van der Waals surface area contributed by atoms with Gasteiger partial charge < -0.3 is 5.11 Å². The zero-order chi connectivity index (χ0) is 21.1. The summed E-state index contributed by atoms with van der Waals surface area (Å²) in [6, 6.07) is 9.89. The summed E-state index contributed by atoms with van der Waals surface area (Å²) in [7, 11) is -3.94. The van der Waals surface area contributed by atoms with E-state index in [2.05, 4.69) is 13.0 Å². The lowest BCUT2D eigenvalue weighted by Crippen LogP contribution is -2.48. The van der Waals surface area contributed by atoms with Gasteiger partial charge in [-0.3, -0.25) is 4.79 Å². The van der Waals surface area contributed by atoms with E-state index < -0.39 is 22.0 Å².